The Morgan fingerprint density at radius 2 is 1.55 bits per heavy atom. The molecule has 1 aromatic heterocycles. The minimum Gasteiger partial charge on any atom is -0.478 e. The number of aryl methyl sites for hydroxylation is 3. The van der Waals surface area contributed by atoms with E-state index >= 15 is 0 Å². The molecule has 0 radical (unpaired) electrons. The Kier molecular flexibility index (Phi) is 12.1. The molecule has 4 aromatic rings. The van der Waals surface area contributed by atoms with Gasteiger partial charge in [0.1, 0.15) is 5.00 Å². The molecule has 0 unspecified atom stereocenters. The maximum Gasteiger partial charge on any atom is 0.335 e. The molecule has 3 N–H and O–H groups in total. The Morgan fingerprint density at radius 3 is 2.21 bits per heavy atom. The monoisotopic (exact) mass is 757 g/mol. The number of anilines is 2. The van der Waals surface area contributed by atoms with Gasteiger partial charge in [0, 0.05) is 35.1 Å². The van der Waals surface area contributed by atoms with Crippen LogP contribution in [0.5, 0.6) is 0 Å². The molecule has 1 fully saturated rings. The molecule has 2 aliphatic rings. The summed E-state index contributed by atoms with van der Waals surface area (Å²) in [5.41, 5.74) is 4.46. The number of esters is 1. The molecular formula is C40H43N3O8S2. The van der Waals surface area contributed by atoms with E-state index in [1.165, 1.54) is 33.8 Å². The number of fused-ring (bicyclic) bond motifs is 1. The first-order valence-electron chi connectivity index (χ1n) is 18.0. The van der Waals surface area contributed by atoms with Crippen LogP contribution in [0.2, 0.25) is 0 Å². The Morgan fingerprint density at radius 1 is 0.868 bits per heavy atom. The van der Waals surface area contributed by atoms with Gasteiger partial charge in [0.2, 0.25) is 10.0 Å². The maximum absolute atomic E-state index is 13.8. The SMILES string of the molecule is CCOC(=O)CCCN(C1CC1)S(=O)(=O)c1cccc(C(=O)Nc2sc3c(c2C(=O)Nc2ccc(CCc4ccc(C(=O)O)cc4)cc2)CCCC3)c1. The first-order chi connectivity index (χ1) is 25.5. The molecule has 0 saturated heterocycles. The topological polar surface area (TPSA) is 159 Å². The van der Waals surface area contributed by atoms with Gasteiger partial charge in [-0.1, -0.05) is 30.3 Å². The van der Waals surface area contributed by atoms with Crippen LogP contribution < -0.4 is 10.6 Å². The van der Waals surface area contributed by atoms with Gasteiger partial charge >= 0.3 is 11.9 Å². The minimum absolute atomic E-state index is 0.00355. The highest BCUT2D eigenvalue weighted by atomic mass is 32.2. The van der Waals surface area contributed by atoms with E-state index in [0.717, 1.165) is 72.9 Å². The number of carbonyl (C=O) groups is 4. The van der Waals surface area contributed by atoms with Crippen molar-refractivity contribution < 1.29 is 37.4 Å². The van der Waals surface area contributed by atoms with Crippen molar-refractivity contribution in [3.63, 3.8) is 0 Å². The highest BCUT2D eigenvalue weighted by Gasteiger charge is 2.38. The van der Waals surface area contributed by atoms with Gasteiger partial charge in [0.25, 0.3) is 11.8 Å². The van der Waals surface area contributed by atoms with Crippen LogP contribution >= 0.6 is 11.3 Å². The molecule has 0 aliphatic heterocycles. The summed E-state index contributed by atoms with van der Waals surface area (Å²) < 4.78 is 33.9. The Balaban J connectivity index is 1.14. The number of carbonyl (C=O) groups excluding carboxylic acids is 3. The number of carboxylic acids is 1. The van der Waals surface area contributed by atoms with Crippen LogP contribution in [0.4, 0.5) is 10.7 Å². The van der Waals surface area contributed by atoms with E-state index in [2.05, 4.69) is 10.6 Å². The van der Waals surface area contributed by atoms with Crippen molar-refractivity contribution in [3.8, 4) is 0 Å². The quantitative estimate of drug-likeness (QED) is 0.102. The lowest BCUT2D eigenvalue weighted by atomic mass is 9.95. The largest absolute Gasteiger partial charge is 0.478 e. The summed E-state index contributed by atoms with van der Waals surface area (Å²) in [5, 5.41) is 15.5. The Bertz CT molecular complexity index is 2090. The van der Waals surface area contributed by atoms with Gasteiger partial charge in [-0.05, 0) is 124 Å². The minimum atomic E-state index is -3.94. The van der Waals surface area contributed by atoms with E-state index in [-0.39, 0.29) is 53.5 Å². The first kappa shape index (κ1) is 37.9. The number of nitrogens with one attached hydrogen (secondary N) is 2. The zero-order chi connectivity index (χ0) is 37.5. The molecule has 6 rings (SSSR count). The third-order valence-electron chi connectivity index (χ3n) is 9.46. The molecule has 11 nitrogen and oxygen atoms in total. The normalized spacial score (nSPS) is 14.0. The van der Waals surface area contributed by atoms with E-state index in [4.69, 9.17) is 9.84 Å². The molecule has 13 heteroatoms. The molecular weight excluding hydrogens is 715 g/mol. The number of ether oxygens (including phenoxy) is 1. The fourth-order valence-corrected chi connectivity index (χ4v) is 9.58. The lowest BCUT2D eigenvalue weighted by Gasteiger charge is -2.22. The molecule has 53 heavy (non-hydrogen) atoms. The van der Waals surface area contributed by atoms with E-state index in [9.17, 15) is 27.6 Å². The molecule has 1 saturated carbocycles. The number of nitrogens with zero attached hydrogens (tertiary/aromatic N) is 1. The zero-order valence-electron chi connectivity index (χ0n) is 29.6. The van der Waals surface area contributed by atoms with Crippen molar-refractivity contribution >= 4 is 55.8 Å². The third-order valence-corrected chi connectivity index (χ3v) is 12.6. The van der Waals surface area contributed by atoms with Gasteiger partial charge in [-0.25, -0.2) is 13.2 Å². The number of aromatic carboxylic acids is 1. The van der Waals surface area contributed by atoms with Crippen LogP contribution in [0, 0.1) is 0 Å². The van der Waals surface area contributed by atoms with Crippen molar-refractivity contribution in [2.24, 2.45) is 0 Å². The van der Waals surface area contributed by atoms with Crippen LogP contribution in [0.25, 0.3) is 0 Å². The lowest BCUT2D eigenvalue weighted by Crippen LogP contribution is -2.34. The molecule has 0 bridgehead atoms. The predicted octanol–water partition coefficient (Wildman–Crippen LogP) is 7.11. The fraction of sp³-hybridized carbons (Fsp3) is 0.350. The lowest BCUT2D eigenvalue weighted by molar-refractivity contribution is -0.143. The first-order valence-corrected chi connectivity index (χ1v) is 20.2. The van der Waals surface area contributed by atoms with E-state index in [0.29, 0.717) is 22.7 Å². The van der Waals surface area contributed by atoms with Crippen molar-refractivity contribution in [2.45, 2.75) is 82.1 Å². The van der Waals surface area contributed by atoms with E-state index in [1.807, 2.05) is 36.4 Å². The highest BCUT2D eigenvalue weighted by molar-refractivity contribution is 7.89. The standard InChI is InChI=1S/C40H43N3O8S2/c1-2-51-35(44)11-6-24-43(31-22-23-31)53(49,50)32-8-5-7-29(25-32)37(45)42-39-36(33-9-3-4-10-34(33)52-39)38(46)41-30-20-16-27(17-21-30)13-12-26-14-18-28(19-15-26)40(47)48/h5,7-8,14-21,25,31H,2-4,6,9-13,22-24H2,1H3,(H,41,46)(H,42,45)(H,47,48). The van der Waals surface area contributed by atoms with Gasteiger partial charge < -0.3 is 20.5 Å². The Hall–Kier alpha value is -4.85. The van der Waals surface area contributed by atoms with Gasteiger partial charge in [-0.3, -0.25) is 14.4 Å². The van der Waals surface area contributed by atoms with Gasteiger partial charge in [-0.2, -0.15) is 4.31 Å². The number of hydrogen-bond donors (Lipinski definition) is 3. The van der Waals surface area contributed by atoms with Crippen molar-refractivity contribution in [1.29, 1.82) is 0 Å². The number of hydrogen-bond acceptors (Lipinski definition) is 8. The molecule has 0 atom stereocenters. The third kappa shape index (κ3) is 9.39. The number of thiophene rings is 1. The van der Waals surface area contributed by atoms with Crippen LogP contribution in [-0.2, 0) is 45.2 Å². The molecule has 1 heterocycles. The molecule has 3 aromatic carbocycles. The molecule has 278 valence electrons. The number of rotatable bonds is 16. The predicted molar refractivity (Wildman–Crippen MR) is 203 cm³/mol. The van der Waals surface area contributed by atoms with Crippen LogP contribution in [0.3, 0.4) is 0 Å². The summed E-state index contributed by atoms with van der Waals surface area (Å²) in [5.74, 6) is -2.17. The van der Waals surface area contributed by atoms with Crippen LogP contribution in [0.15, 0.2) is 77.7 Å². The fourth-order valence-electron chi connectivity index (χ4n) is 6.53. The number of amides is 2. The highest BCUT2D eigenvalue weighted by Crippen LogP contribution is 2.39. The summed E-state index contributed by atoms with van der Waals surface area (Å²) in [4.78, 5) is 51.6. The Labute approximate surface area is 313 Å². The smallest absolute Gasteiger partial charge is 0.335 e. The van der Waals surface area contributed by atoms with Crippen molar-refractivity contribution in [1.82, 2.24) is 4.31 Å². The molecule has 2 aliphatic carbocycles. The second-order valence-corrected chi connectivity index (χ2v) is 16.3. The maximum atomic E-state index is 13.8. The number of sulfonamides is 1. The molecule has 2 amide bonds. The van der Waals surface area contributed by atoms with Crippen LogP contribution in [-0.4, -0.2) is 60.8 Å². The average molecular weight is 758 g/mol. The summed E-state index contributed by atoms with van der Waals surface area (Å²) in [7, 11) is -3.94. The summed E-state index contributed by atoms with van der Waals surface area (Å²) in [6.45, 7) is 2.17. The molecule has 0 spiro atoms. The summed E-state index contributed by atoms with van der Waals surface area (Å²) in [6.07, 6.45) is 6.86. The van der Waals surface area contributed by atoms with E-state index in [1.54, 1.807) is 25.1 Å². The second-order valence-electron chi connectivity index (χ2n) is 13.3. The number of carboxylic acid groups (broad SMARTS) is 1. The summed E-state index contributed by atoms with van der Waals surface area (Å²) >= 11 is 1.39. The van der Waals surface area contributed by atoms with E-state index < -0.39 is 21.9 Å². The van der Waals surface area contributed by atoms with Crippen LogP contribution in [0.1, 0.15) is 98.1 Å². The average Bonchev–Trinajstić information content (AvgIpc) is 3.92. The second kappa shape index (κ2) is 16.9. The number of benzene rings is 3. The van der Waals surface area contributed by atoms with Gasteiger partial charge in [0.15, 0.2) is 0 Å². The van der Waals surface area contributed by atoms with Gasteiger partial charge in [-0.15, -0.1) is 11.3 Å². The summed E-state index contributed by atoms with van der Waals surface area (Å²) in [6, 6.07) is 20.2. The van der Waals surface area contributed by atoms with Crippen molar-refractivity contribution in [3.05, 3.63) is 111 Å². The zero-order valence-corrected chi connectivity index (χ0v) is 31.2. The van der Waals surface area contributed by atoms with Crippen molar-refractivity contribution in [2.75, 3.05) is 23.8 Å². The van der Waals surface area contributed by atoms with Gasteiger partial charge in [0.05, 0.1) is 22.6 Å².